The minimum absolute atomic E-state index is 0.0120. The van der Waals surface area contributed by atoms with Crippen LogP contribution < -0.4 is 5.73 Å². The molecule has 7 rings (SSSR count). The van der Waals surface area contributed by atoms with E-state index < -0.39 is 29.6 Å². The highest BCUT2D eigenvalue weighted by atomic mass is 35.5. The number of piperazine rings is 1. The number of anilines is 1. The second-order valence-electron chi connectivity index (χ2n) is 13.4. The Morgan fingerprint density at radius 2 is 1.69 bits per heavy atom. The molecule has 13 heteroatoms. The Morgan fingerprint density at radius 1 is 0.959 bits per heavy atom. The SMILES string of the molecule is CC(C)(C)OC(=O)n1c(CN2CC(=O)N(Cc3ccc4c(N)ncnc4c3)[C@@H](CN3C(=O)c4ccccc4C3=O)C2)cc2cc(Cl)ccc21. The van der Waals surface area contributed by atoms with E-state index in [1.807, 2.05) is 29.2 Å². The molecule has 1 saturated heterocycles. The molecule has 0 unspecified atom stereocenters. The van der Waals surface area contributed by atoms with Crippen molar-refractivity contribution in [3.05, 3.63) is 100 Å². The Bertz CT molecular complexity index is 2140. The summed E-state index contributed by atoms with van der Waals surface area (Å²) in [4.78, 5) is 67.6. The van der Waals surface area contributed by atoms with Crippen molar-refractivity contribution in [2.75, 3.05) is 25.4 Å². The molecular formula is C36H34ClN7O5. The van der Waals surface area contributed by atoms with E-state index in [1.54, 1.807) is 68.1 Å². The normalized spacial score (nSPS) is 17.0. The zero-order valence-electron chi connectivity index (χ0n) is 27.2. The van der Waals surface area contributed by atoms with Gasteiger partial charge in [0.2, 0.25) is 5.91 Å². The summed E-state index contributed by atoms with van der Waals surface area (Å²) in [6, 6.07) is 18.8. The van der Waals surface area contributed by atoms with Crippen molar-refractivity contribution in [1.82, 2.24) is 29.2 Å². The first-order valence-corrected chi connectivity index (χ1v) is 16.2. The fourth-order valence-corrected chi connectivity index (χ4v) is 6.77. The molecule has 3 aromatic carbocycles. The summed E-state index contributed by atoms with van der Waals surface area (Å²) in [5.74, 6) is -0.635. The topological polar surface area (TPSA) is 144 Å². The molecule has 0 radical (unpaired) electrons. The fourth-order valence-electron chi connectivity index (χ4n) is 6.59. The van der Waals surface area contributed by atoms with E-state index in [2.05, 4.69) is 9.97 Å². The van der Waals surface area contributed by atoms with E-state index in [0.29, 0.717) is 50.6 Å². The number of aromatic nitrogens is 3. The van der Waals surface area contributed by atoms with Crippen molar-refractivity contribution in [2.45, 2.75) is 45.5 Å². The van der Waals surface area contributed by atoms with E-state index in [0.717, 1.165) is 10.9 Å². The second kappa shape index (κ2) is 12.3. The zero-order valence-corrected chi connectivity index (χ0v) is 28.0. The van der Waals surface area contributed by atoms with Crippen LogP contribution >= 0.6 is 11.6 Å². The molecule has 49 heavy (non-hydrogen) atoms. The number of hydrogen-bond acceptors (Lipinski definition) is 9. The number of amides is 3. The van der Waals surface area contributed by atoms with Crippen LogP contribution in [0.3, 0.4) is 0 Å². The molecule has 1 atom stereocenters. The van der Waals surface area contributed by atoms with Crippen LogP contribution in [0.25, 0.3) is 21.8 Å². The average Bonchev–Trinajstić information content (AvgIpc) is 3.51. The largest absolute Gasteiger partial charge is 0.443 e. The lowest BCUT2D eigenvalue weighted by Crippen LogP contribution is -2.59. The molecule has 2 aliphatic heterocycles. The predicted molar refractivity (Wildman–Crippen MR) is 184 cm³/mol. The minimum Gasteiger partial charge on any atom is -0.443 e. The summed E-state index contributed by atoms with van der Waals surface area (Å²) in [6.45, 7) is 6.18. The standard InChI is InChI=1S/C36H34ClN7O5/c1-36(2,3)49-35(48)44-24(14-22-13-23(37)9-11-30(22)44)16-41-17-25(18-43-33(46)26-6-4-5-7-27(26)34(43)47)42(31(45)19-41)15-21-8-10-28-29(12-21)39-20-40-32(28)38/h4-14,20,25H,15-19H2,1-3H3,(H2,38,39,40)/t25-/m1/s1. The average molecular weight is 680 g/mol. The van der Waals surface area contributed by atoms with E-state index in [4.69, 9.17) is 22.1 Å². The Hall–Kier alpha value is -5.33. The van der Waals surface area contributed by atoms with E-state index >= 15 is 0 Å². The predicted octanol–water partition coefficient (Wildman–Crippen LogP) is 5.11. The molecule has 5 aromatic rings. The second-order valence-corrected chi connectivity index (χ2v) is 13.8. The van der Waals surface area contributed by atoms with Crippen molar-refractivity contribution >= 4 is 63.0 Å². The van der Waals surface area contributed by atoms with Gasteiger partial charge in [-0.05, 0) is 74.9 Å². The first kappa shape index (κ1) is 32.2. The number of benzene rings is 3. The molecule has 2 aromatic heterocycles. The number of imide groups is 1. The lowest BCUT2D eigenvalue weighted by atomic mass is 10.1. The summed E-state index contributed by atoms with van der Waals surface area (Å²) in [7, 11) is 0. The van der Waals surface area contributed by atoms with Gasteiger partial charge in [-0.15, -0.1) is 0 Å². The summed E-state index contributed by atoms with van der Waals surface area (Å²) < 4.78 is 7.27. The molecule has 0 aliphatic carbocycles. The van der Waals surface area contributed by atoms with Gasteiger partial charge in [0.15, 0.2) is 0 Å². The molecule has 3 amide bonds. The number of ether oxygens (including phenoxy) is 1. The number of carbonyl (C=O) groups excluding carboxylic acids is 4. The first-order valence-electron chi connectivity index (χ1n) is 15.9. The van der Waals surface area contributed by atoms with Gasteiger partial charge in [-0.25, -0.2) is 19.3 Å². The number of nitrogen functional groups attached to an aromatic ring is 1. The van der Waals surface area contributed by atoms with Crippen LogP contribution in [0.15, 0.2) is 73.1 Å². The van der Waals surface area contributed by atoms with Crippen LogP contribution in [-0.4, -0.2) is 84.3 Å². The van der Waals surface area contributed by atoms with Gasteiger partial charge in [0.1, 0.15) is 17.7 Å². The van der Waals surface area contributed by atoms with Crippen LogP contribution in [0.4, 0.5) is 10.6 Å². The van der Waals surface area contributed by atoms with Crippen LogP contribution in [0.5, 0.6) is 0 Å². The lowest BCUT2D eigenvalue weighted by Gasteiger charge is -2.42. The summed E-state index contributed by atoms with van der Waals surface area (Å²) in [6.07, 6.45) is 0.842. The quantitative estimate of drug-likeness (QED) is 0.242. The van der Waals surface area contributed by atoms with Crippen molar-refractivity contribution in [3.8, 4) is 0 Å². The number of rotatable bonds is 6. The van der Waals surface area contributed by atoms with Gasteiger partial charge >= 0.3 is 6.09 Å². The van der Waals surface area contributed by atoms with Crippen molar-refractivity contribution in [3.63, 3.8) is 0 Å². The molecule has 0 spiro atoms. The highest BCUT2D eigenvalue weighted by Crippen LogP contribution is 2.29. The molecule has 0 saturated carbocycles. The number of carbonyl (C=O) groups is 4. The van der Waals surface area contributed by atoms with Crippen LogP contribution in [0.1, 0.15) is 52.7 Å². The van der Waals surface area contributed by atoms with Gasteiger partial charge < -0.3 is 15.4 Å². The van der Waals surface area contributed by atoms with Gasteiger partial charge in [0.05, 0.1) is 41.3 Å². The molecule has 12 nitrogen and oxygen atoms in total. The van der Waals surface area contributed by atoms with E-state index in [1.165, 1.54) is 15.8 Å². The van der Waals surface area contributed by atoms with Crippen molar-refractivity contribution in [1.29, 1.82) is 0 Å². The summed E-state index contributed by atoms with van der Waals surface area (Å²) in [5, 5.41) is 1.97. The zero-order chi connectivity index (χ0) is 34.6. The number of fused-ring (bicyclic) bond motifs is 3. The molecule has 2 aliphatic rings. The Balaban J connectivity index is 1.21. The number of nitrogens with zero attached hydrogens (tertiary/aromatic N) is 6. The maximum Gasteiger partial charge on any atom is 0.419 e. The van der Waals surface area contributed by atoms with Gasteiger partial charge in [0.25, 0.3) is 11.8 Å². The number of nitrogens with two attached hydrogens (primary N) is 1. The smallest absolute Gasteiger partial charge is 0.419 e. The van der Waals surface area contributed by atoms with Gasteiger partial charge in [-0.1, -0.05) is 29.8 Å². The monoisotopic (exact) mass is 679 g/mol. The van der Waals surface area contributed by atoms with Crippen molar-refractivity contribution < 1.29 is 23.9 Å². The van der Waals surface area contributed by atoms with Crippen molar-refractivity contribution in [2.24, 2.45) is 0 Å². The Kier molecular flexibility index (Phi) is 8.08. The summed E-state index contributed by atoms with van der Waals surface area (Å²) in [5.41, 5.74) is 8.65. The molecule has 2 N–H and O–H groups in total. The fraction of sp³-hybridized carbons (Fsp3) is 0.278. The number of hydrogen-bond donors (Lipinski definition) is 1. The van der Waals surface area contributed by atoms with E-state index in [9.17, 15) is 19.2 Å². The van der Waals surface area contributed by atoms with Crippen LogP contribution in [0.2, 0.25) is 5.02 Å². The Labute approximate surface area is 287 Å². The minimum atomic E-state index is -0.739. The first-order chi connectivity index (χ1) is 23.4. The van der Waals surface area contributed by atoms with Gasteiger partial charge in [-0.2, -0.15) is 0 Å². The maximum absolute atomic E-state index is 14.0. The third-order valence-corrected chi connectivity index (χ3v) is 8.98. The molecule has 4 heterocycles. The molecule has 0 bridgehead atoms. The third-order valence-electron chi connectivity index (χ3n) is 8.75. The third kappa shape index (κ3) is 6.20. The van der Waals surface area contributed by atoms with E-state index in [-0.39, 0.29) is 32.1 Å². The van der Waals surface area contributed by atoms with Gasteiger partial charge in [-0.3, -0.25) is 24.2 Å². The molecule has 1 fully saturated rings. The Morgan fingerprint density at radius 3 is 2.41 bits per heavy atom. The molecular weight excluding hydrogens is 646 g/mol. The number of halogens is 1. The summed E-state index contributed by atoms with van der Waals surface area (Å²) >= 11 is 6.30. The van der Waals surface area contributed by atoms with Crippen LogP contribution in [-0.2, 0) is 22.6 Å². The maximum atomic E-state index is 14.0. The highest BCUT2D eigenvalue weighted by molar-refractivity contribution is 6.31. The van der Waals surface area contributed by atoms with Gasteiger partial charge in [0, 0.05) is 41.1 Å². The molecule has 250 valence electrons. The highest BCUT2D eigenvalue weighted by Gasteiger charge is 2.41. The lowest BCUT2D eigenvalue weighted by molar-refractivity contribution is -0.141. The van der Waals surface area contributed by atoms with Crippen LogP contribution in [0, 0.1) is 0 Å².